The minimum absolute atomic E-state index is 0.0328. The normalized spacial score (nSPS) is 10.2. The van der Waals surface area contributed by atoms with Gasteiger partial charge in [0.25, 0.3) is 5.91 Å². The molecule has 0 atom stereocenters. The van der Waals surface area contributed by atoms with Gasteiger partial charge in [-0.05, 0) is 24.3 Å². The number of nitrogens with zero attached hydrogens (tertiary/aromatic N) is 2. The second-order valence-electron chi connectivity index (χ2n) is 3.29. The van der Waals surface area contributed by atoms with Crippen molar-refractivity contribution in [3.05, 3.63) is 52.3 Å². The standard InChI is InChI=1S/C11H6Cl2FN3O/c12-9-8(10(13)16-5-15-9)17-11(18)6-1-3-7(14)4-2-6/h1-5H,(H,17,18). The van der Waals surface area contributed by atoms with Crippen LogP contribution in [-0.2, 0) is 0 Å². The zero-order valence-electron chi connectivity index (χ0n) is 8.82. The van der Waals surface area contributed by atoms with Crippen LogP contribution in [0.3, 0.4) is 0 Å². The van der Waals surface area contributed by atoms with Crippen LogP contribution in [0.15, 0.2) is 30.6 Å². The fraction of sp³-hybridized carbons (Fsp3) is 0. The summed E-state index contributed by atoms with van der Waals surface area (Å²) in [6, 6.07) is 5.05. The molecule has 18 heavy (non-hydrogen) atoms. The summed E-state index contributed by atoms with van der Waals surface area (Å²) in [5.74, 6) is -0.903. The van der Waals surface area contributed by atoms with Crippen LogP contribution in [0.1, 0.15) is 10.4 Å². The molecule has 1 amide bonds. The maximum atomic E-state index is 12.7. The molecule has 0 saturated carbocycles. The Hall–Kier alpha value is -1.72. The Labute approximate surface area is 112 Å². The lowest BCUT2D eigenvalue weighted by molar-refractivity contribution is 0.102. The van der Waals surface area contributed by atoms with Gasteiger partial charge in [0.1, 0.15) is 17.8 Å². The molecule has 0 aliphatic carbocycles. The summed E-state index contributed by atoms with van der Waals surface area (Å²) in [5, 5.41) is 2.53. The Balaban J connectivity index is 2.24. The molecule has 4 nitrogen and oxygen atoms in total. The van der Waals surface area contributed by atoms with Crippen molar-refractivity contribution < 1.29 is 9.18 Å². The van der Waals surface area contributed by atoms with E-state index in [-0.39, 0.29) is 21.6 Å². The van der Waals surface area contributed by atoms with Crippen LogP contribution in [0.2, 0.25) is 10.3 Å². The van der Waals surface area contributed by atoms with Gasteiger partial charge in [-0.1, -0.05) is 23.2 Å². The van der Waals surface area contributed by atoms with Gasteiger partial charge >= 0.3 is 0 Å². The Bertz CT molecular complexity index is 569. The van der Waals surface area contributed by atoms with Gasteiger partial charge in [-0.2, -0.15) is 0 Å². The minimum Gasteiger partial charge on any atom is -0.317 e. The number of nitrogens with one attached hydrogen (secondary N) is 1. The molecule has 2 rings (SSSR count). The van der Waals surface area contributed by atoms with Crippen molar-refractivity contribution >= 4 is 34.8 Å². The van der Waals surface area contributed by atoms with E-state index in [2.05, 4.69) is 15.3 Å². The molecule has 1 heterocycles. The number of rotatable bonds is 2. The van der Waals surface area contributed by atoms with Crippen LogP contribution in [0.4, 0.5) is 10.1 Å². The quantitative estimate of drug-likeness (QED) is 0.863. The average Bonchev–Trinajstić information content (AvgIpc) is 2.34. The molecule has 0 radical (unpaired) electrons. The summed E-state index contributed by atoms with van der Waals surface area (Å²) in [4.78, 5) is 19.2. The lowest BCUT2D eigenvalue weighted by Crippen LogP contribution is -2.13. The molecule has 0 aliphatic heterocycles. The third kappa shape index (κ3) is 2.75. The number of halogens is 3. The molecule has 0 fully saturated rings. The van der Waals surface area contributed by atoms with Crippen molar-refractivity contribution in [3.63, 3.8) is 0 Å². The average molecular weight is 286 g/mol. The van der Waals surface area contributed by atoms with Crippen molar-refractivity contribution in [1.29, 1.82) is 0 Å². The van der Waals surface area contributed by atoms with E-state index < -0.39 is 11.7 Å². The minimum atomic E-state index is -0.478. The lowest BCUT2D eigenvalue weighted by atomic mass is 10.2. The number of carbonyl (C=O) groups is 1. The molecule has 1 aromatic carbocycles. The van der Waals surface area contributed by atoms with Crippen molar-refractivity contribution in [2.45, 2.75) is 0 Å². The molecule has 0 bridgehead atoms. The van der Waals surface area contributed by atoms with Crippen LogP contribution in [0.5, 0.6) is 0 Å². The first kappa shape index (κ1) is 12.7. The first-order valence-corrected chi connectivity index (χ1v) is 5.56. The SMILES string of the molecule is O=C(Nc1c(Cl)ncnc1Cl)c1ccc(F)cc1. The molecule has 0 saturated heterocycles. The Morgan fingerprint density at radius 1 is 1.11 bits per heavy atom. The van der Waals surface area contributed by atoms with Crippen LogP contribution in [-0.4, -0.2) is 15.9 Å². The van der Waals surface area contributed by atoms with E-state index in [1.54, 1.807) is 0 Å². The van der Waals surface area contributed by atoms with Crippen LogP contribution in [0, 0.1) is 5.82 Å². The Morgan fingerprint density at radius 3 is 2.22 bits per heavy atom. The molecule has 1 aromatic heterocycles. The fourth-order valence-corrected chi connectivity index (χ4v) is 1.64. The van der Waals surface area contributed by atoms with E-state index >= 15 is 0 Å². The van der Waals surface area contributed by atoms with Gasteiger partial charge in [0.15, 0.2) is 10.3 Å². The highest BCUT2D eigenvalue weighted by atomic mass is 35.5. The number of amides is 1. The first-order chi connectivity index (χ1) is 8.58. The van der Waals surface area contributed by atoms with Gasteiger partial charge in [-0.25, -0.2) is 14.4 Å². The summed E-state index contributed by atoms with van der Waals surface area (Å²) in [5.41, 5.74) is 0.391. The van der Waals surface area contributed by atoms with Crippen LogP contribution in [0.25, 0.3) is 0 Å². The van der Waals surface area contributed by atoms with Gasteiger partial charge in [0.2, 0.25) is 0 Å². The van der Waals surface area contributed by atoms with Crippen molar-refractivity contribution in [3.8, 4) is 0 Å². The highest BCUT2D eigenvalue weighted by Crippen LogP contribution is 2.26. The lowest BCUT2D eigenvalue weighted by Gasteiger charge is -2.07. The molecule has 0 unspecified atom stereocenters. The largest absolute Gasteiger partial charge is 0.317 e. The van der Waals surface area contributed by atoms with Gasteiger partial charge < -0.3 is 5.32 Å². The first-order valence-electron chi connectivity index (χ1n) is 4.81. The molecular weight excluding hydrogens is 280 g/mol. The monoisotopic (exact) mass is 285 g/mol. The van der Waals surface area contributed by atoms with Crippen molar-refractivity contribution in [2.75, 3.05) is 5.32 Å². The second kappa shape index (κ2) is 5.29. The molecule has 92 valence electrons. The van der Waals surface area contributed by atoms with Gasteiger partial charge in [0.05, 0.1) is 0 Å². The summed E-state index contributed by atoms with van der Waals surface area (Å²) in [7, 11) is 0. The summed E-state index contributed by atoms with van der Waals surface area (Å²) >= 11 is 11.6. The number of carbonyl (C=O) groups excluding carboxylic acids is 1. The maximum absolute atomic E-state index is 12.7. The molecule has 7 heteroatoms. The number of aromatic nitrogens is 2. The summed E-state index contributed by atoms with van der Waals surface area (Å²) in [6.07, 6.45) is 1.18. The van der Waals surface area contributed by atoms with Gasteiger partial charge in [-0.3, -0.25) is 4.79 Å². The van der Waals surface area contributed by atoms with Gasteiger partial charge in [-0.15, -0.1) is 0 Å². The molecule has 0 aliphatic rings. The predicted octanol–water partition coefficient (Wildman–Crippen LogP) is 3.17. The van der Waals surface area contributed by atoms with E-state index in [9.17, 15) is 9.18 Å². The second-order valence-corrected chi connectivity index (χ2v) is 4.01. The molecule has 1 N–H and O–H groups in total. The fourth-order valence-electron chi connectivity index (χ4n) is 1.23. The highest BCUT2D eigenvalue weighted by Gasteiger charge is 2.13. The molecule has 2 aromatic rings. The third-order valence-electron chi connectivity index (χ3n) is 2.10. The molecule has 0 spiro atoms. The van der Waals surface area contributed by atoms with E-state index in [0.717, 1.165) is 0 Å². The number of hydrogen-bond acceptors (Lipinski definition) is 3. The topological polar surface area (TPSA) is 54.9 Å². The summed E-state index contributed by atoms with van der Waals surface area (Å²) in [6.45, 7) is 0. The number of anilines is 1. The zero-order valence-corrected chi connectivity index (χ0v) is 10.3. The third-order valence-corrected chi connectivity index (χ3v) is 2.67. The Kier molecular flexibility index (Phi) is 3.74. The highest BCUT2D eigenvalue weighted by molar-refractivity contribution is 6.38. The zero-order chi connectivity index (χ0) is 13.1. The van der Waals surface area contributed by atoms with Gasteiger partial charge in [0, 0.05) is 5.56 Å². The van der Waals surface area contributed by atoms with E-state index in [4.69, 9.17) is 23.2 Å². The number of benzene rings is 1. The Morgan fingerprint density at radius 2 is 1.67 bits per heavy atom. The van der Waals surface area contributed by atoms with E-state index in [1.807, 2.05) is 0 Å². The van der Waals surface area contributed by atoms with Crippen molar-refractivity contribution in [1.82, 2.24) is 9.97 Å². The van der Waals surface area contributed by atoms with E-state index in [0.29, 0.717) is 0 Å². The van der Waals surface area contributed by atoms with E-state index in [1.165, 1.54) is 30.6 Å². The van der Waals surface area contributed by atoms with Crippen molar-refractivity contribution in [2.24, 2.45) is 0 Å². The maximum Gasteiger partial charge on any atom is 0.255 e. The molecular formula is C11H6Cl2FN3O. The summed E-state index contributed by atoms with van der Waals surface area (Å²) < 4.78 is 12.7. The van der Waals surface area contributed by atoms with Crippen LogP contribution < -0.4 is 5.32 Å². The van der Waals surface area contributed by atoms with Crippen LogP contribution >= 0.6 is 23.2 Å². The smallest absolute Gasteiger partial charge is 0.255 e. The number of hydrogen-bond donors (Lipinski definition) is 1. The predicted molar refractivity (Wildman–Crippen MR) is 66.4 cm³/mol.